The van der Waals surface area contributed by atoms with E-state index in [1.165, 1.54) is 0 Å². The first-order valence-corrected chi connectivity index (χ1v) is 3.82. The van der Waals surface area contributed by atoms with Crippen LogP contribution in [0.5, 0.6) is 0 Å². The Kier molecular flexibility index (Phi) is 2.93. The highest BCUT2D eigenvalue weighted by Crippen LogP contribution is 1.98. The third kappa shape index (κ3) is 2.79. The van der Waals surface area contributed by atoms with Crippen LogP contribution in [0.25, 0.3) is 0 Å². The fourth-order valence-corrected chi connectivity index (χ4v) is 0.626. The van der Waals surface area contributed by atoms with E-state index in [2.05, 4.69) is 20.4 Å². The molecule has 62 valence electrons. The van der Waals surface area contributed by atoms with Crippen LogP contribution in [0.15, 0.2) is 32.6 Å². The molecule has 0 fully saturated rings. The van der Waals surface area contributed by atoms with Crippen LogP contribution >= 0.6 is 12.2 Å². The third-order valence-electron chi connectivity index (χ3n) is 0.978. The zero-order valence-corrected chi connectivity index (χ0v) is 7.67. The van der Waals surface area contributed by atoms with E-state index in [0.29, 0.717) is 10.8 Å². The minimum atomic E-state index is 0.464. The molecule has 12 heavy (non-hydrogen) atoms. The molecule has 0 radical (unpaired) electrons. The molecule has 0 spiro atoms. The van der Waals surface area contributed by atoms with E-state index < -0.39 is 0 Å². The van der Waals surface area contributed by atoms with Gasteiger partial charge < -0.3 is 0 Å². The third-order valence-corrected chi connectivity index (χ3v) is 1.20. The van der Waals surface area contributed by atoms with Gasteiger partial charge in [-0.2, -0.15) is 5.10 Å². The fraction of sp³-hybridized carbons (Fsp3) is 0.286. The Labute approximate surface area is 75.8 Å². The van der Waals surface area contributed by atoms with Crippen molar-refractivity contribution >= 4 is 28.8 Å². The first-order valence-electron chi connectivity index (χ1n) is 3.41. The lowest BCUT2D eigenvalue weighted by Crippen LogP contribution is -1.96. The fourth-order valence-electron chi connectivity index (χ4n) is 0.518. The van der Waals surface area contributed by atoms with Crippen LogP contribution in [0, 0.1) is 0 Å². The van der Waals surface area contributed by atoms with E-state index in [4.69, 9.17) is 12.2 Å². The lowest BCUT2D eigenvalue weighted by molar-refractivity contribution is 1.18. The molecule has 0 bridgehead atoms. The highest BCUT2D eigenvalue weighted by molar-refractivity contribution is 7.80. The van der Waals surface area contributed by atoms with Crippen molar-refractivity contribution in [3.63, 3.8) is 0 Å². The minimum Gasteiger partial charge on any atom is -0.158 e. The largest absolute Gasteiger partial charge is 0.196 e. The second-order valence-corrected chi connectivity index (χ2v) is 2.80. The predicted octanol–water partition coefficient (Wildman–Crippen LogP) is 2.13. The first-order chi connectivity index (χ1) is 5.68. The van der Waals surface area contributed by atoms with Crippen molar-refractivity contribution in [3.05, 3.63) is 12.2 Å². The summed E-state index contributed by atoms with van der Waals surface area (Å²) in [4.78, 5) is 0.464. The van der Waals surface area contributed by atoms with Crippen molar-refractivity contribution in [1.82, 2.24) is 0 Å². The van der Waals surface area contributed by atoms with Gasteiger partial charge in [-0.25, -0.2) is 0 Å². The molecular formula is C7H8N4S. The molecule has 5 heteroatoms. The number of hydrogen-bond acceptors (Lipinski definition) is 3. The van der Waals surface area contributed by atoms with Gasteiger partial charge in [0.1, 0.15) is 4.99 Å². The lowest BCUT2D eigenvalue weighted by atomic mass is 10.4. The number of nitrogens with zero attached hydrogens (tertiary/aromatic N) is 4. The van der Waals surface area contributed by atoms with Gasteiger partial charge in [-0.05, 0) is 26.0 Å². The summed E-state index contributed by atoms with van der Waals surface area (Å²) in [6.45, 7) is 3.72. The molecule has 0 aliphatic carbocycles. The molecule has 0 aromatic heterocycles. The molecule has 0 amide bonds. The van der Waals surface area contributed by atoms with Gasteiger partial charge in [0.25, 0.3) is 0 Å². The maximum atomic E-state index is 4.76. The smallest absolute Gasteiger partial charge is 0.158 e. The molecule has 1 heterocycles. The zero-order chi connectivity index (χ0) is 8.97. The Morgan fingerprint density at radius 1 is 1.33 bits per heavy atom. The molecule has 0 N–H and O–H groups in total. The summed E-state index contributed by atoms with van der Waals surface area (Å²) in [7, 11) is 0. The van der Waals surface area contributed by atoms with Crippen molar-refractivity contribution in [1.29, 1.82) is 0 Å². The first kappa shape index (κ1) is 8.86. The Hall–Kier alpha value is -1.23. The average Bonchev–Trinajstić information content (AvgIpc) is 2.03. The summed E-state index contributed by atoms with van der Waals surface area (Å²) in [6.07, 6.45) is 3.35. The van der Waals surface area contributed by atoms with Crippen LogP contribution in [-0.2, 0) is 0 Å². The normalized spacial score (nSPS) is 18.5. The Morgan fingerprint density at radius 2 is 2.08 bits per heavy atom. The van der Waals surface area contributed by atoms with E-state index in [-0.39, 0.29) is 0 Å². The number of hydrogen-bond donors (Lipinski definition) is 0. The maximum absolute atomic E-state index is 4.76. The Balaban J connectivity index is 2.74. The van der Waals surface area contributed by atoms with E-state index in [0.717, 1.165) is 5.71 Å². The van der Waals surface area contributed by atoms with Gasteiger partial charge in [-0.15, -0.1) is 15.3 Å². The van der Waals surface area contributed by atoms with Gasteiger partial charge in [-0.3, -0.25) is 0 Å². The van der Waals surface area contributed by atoms with Gasteiger partial charge in [0, 0.05) is 5.71 Å². The summed E-state index contributed by atoms with van der Waals surface area (Å²) >= 11 is 4.76. The molecule has 0 aromatic carbocycles. The summed E-state index contributed by atoms with van der Waals surface area (Å²) in [6, 6.07) is 0. The molecule has 0 unspecified atom stereocenters. The molecule has 4 nitrogen and oxygen atoms in total. The number of azo groups is 1. The summed E-state index contributed by atoms with van der Waals surface area (Å²) in [5.74, 6) is 0.477. The molecular weight excluding hydrogens is 172 g/mol. The molecule has 0 saturated heterocycles. The molecule has 0 aromatic rings. The van der Waals surface area contributed by atoms with Gasteiger partial charge >= 0.3 is 0 Å². The van der Waals surface area contributed by atoms with Gasteiger partial charge in [0.15, 0.2) is 5.84 Å². The number of thiocarbonyl (C=S) groups is 1. The minimum absolute atomic E-state index is 0.464. The highest BCUT2D eigenvalue weighted by atomic mass is 32.1. The van der Waals surface area contributed by atoms with E-state index >= 15 is 0 Å². The monoisotopic (exact) mass is 180 g/mol. The summed E-state index contributed by atoms with van der Waals surface area (Å²) in [5, 5.41) is 15.0. The van der Waals surface area contributed by atoms with E-state index in [9.17, 15) is 0 Å². The lowest BCUT2D eigenvalue weighted by Gasteiger charge is -1.94. The van der Waals surface area contributed by atoms with Crippen molar-refractivity contribution in [2.24, 2.45) is 20.4 Å². The van der Waals surface area contributed by atoms with Crippen LogP contribution in [0.2, 0.25) is 0 Å². The quantitative estimate of drug-likeness (QED) is 0.346. The summed E-state index contributed by atoms with van der Waals surface area (Å²) in [5.41, 5.74) is 0.874. The van der Waals surface area contributed by atoms with Crippen molar-refractivity contribution in [2.45, 2.75) is 13.8 Å². The molecule has 0 atom stereocenters. The standard InChI is InChI=1S/C7H8N4S/c1-5(2)8-9-6-3-4-7(12)11-10-6/h3-4H,1-2H3/b9-6-. The molecule has 1 aliphatic rings. The Bertz CT molecular complexity index is 289. The van der Waals surface area contributed by atoms with Crippen LogP contribution in [-0.4, -0.2) is 16.5 Å². The van der Waals surface area contributed by atoms with Crippen LogP contribution in [0.1, 0.15) is 13.8 Å². The van der Waals surface area contributed by atoms with Crippen LogP contribution in [0.4, 0.5) is 0 Å². The zero-order valence-electron chi connectivity index (χ0n) is 6.85. The van der Waals surface area contributed by atoms with E-state index in [1.54, 1.807) is 12.2 Å². The second kappa shape index (κ2) is 3.96. The van der Waals surface area contributed by atoms with Gasteiger partial charge in [0.2, 0.25) is 0 Å². The SMILES string of the molecule is CC(C)=N/N=C1/C=CC(=S)N=N1. The van der Waals surface area contributed by atoms with Gasteiger partial charge in [-0.1, -0.05) is 12.2 Å². The van der Waals surface area contributed by atoms with Gasteiger partial charge in [0.05, 0.1) is 0 Å². The van der Waals surface area contributed by atoms with E-state index in [1.807, 2.05) is 13.8 Å². The van der Waals surface area contributed by atoms with Crippen LogP contribution in [0.3, 0.4) is 0 Å². The maximum Gasteiger partial charge on any atom is 0.196 e. The van der Waals surface area contributed by atoms with Crippen molar-refractivity contribution in [3.8, 4) is 0 Å². The van der Waals surface area contributed by atoms with Crippen LogP contribution < -0.4 is 0 Å². The summed E-state index contributed by atoms with van der Waals surface area (Å²) < 4.78 is 0. The molecule has 1 aliphatic heterocycles. The average molecular weight is 180 g/mol. The van der Waals surface area contributed by atoms with Crippen molar-refractivity contribution < 1.29 is 0 Å². The number of amidine groups is 1. The predicted molar refractivity (Wildman–Crippen MR) is 52.8 cm³/mol. The second-order valence-electron chi connectivity index (χ2n) is 2.38. The molecule has 1 rings (SSSR count). The Morgan fingerprint density at radius 3 is 2.58 bits per heavy atom. The molecule has 0 saturated carbocycles. The van der Waals surface area contributed by atoms with Crippen molar-refractivity contribution in [2.75, 3.05) is 0 Å². The topological polar surface area (TPSA) is 49.4 Å². The number of rotatable bonds is 1. The highest BCUT2D eigenvalue weighted by Gasteiger charge is 1.98.